The summed E-state index contributed by atoms with van der Waals surface area (Å²) >= 11 is 0. The van der Waals surface area contributed by atoms with Crippen molar-refractivity contribution in [3.63, 3.8) is 0 Å². The molecule has 0 amide bonds. The number of carbonyl (C=O) groups is 1. The van der Waals surface area contributed by atoms with E-state index in [2.05, 4.69) is 0 Å². The molecule has 29 heavy (non-hydrogen) atoms. The Bertz CT molecular complexity index is 1570. The minimum absolute atomic E-state index is 0.141. The van der Waals surface area contributed by atoms with E-state index in [0.717, 1.165) is 0 Å². The van der Waals surface area contributed by atoms with E-state index in [1.165, 1.54) is 18.2 Å². The van der Waals surface area contributed by atoms with E-state index < -0.39 is 103 Å². The molecule has 4 nitrogen and oxygen atoms in total. The number of benzene rings is 3. The van der Waals surface area contributed by atoms with Gasteiger partial charge in [-0.05, 0) is 60.6 Å². The van der Waals surface area contributed by atoms with Crippen LogP contribution in [-0.4, -0.2) is 29.2 Å². The van der Waals surface area contributed by atoms with E-state index in [9.17, 15) is 15.0 Å². The van der Waals surface area contributed by atoms with E-state index in [1.54, 1.807) is 13.0 Å². The topological polar surface area (TPSA) is 69.6 Å². The van der Waals surface area contributed by atoms with Gasteiger partial charge in [0.1, 0.15) is 0 Å². The first-order chi connectivity index (χ1) is 19.2. The Labute approximate surface area is 190 Å². The smallest absolute Gasteiger partial charge is 0.335 e. The summed E-state index contributed by atoms with van der Waals surface area (Å²) in [5, 5.41) is 22.2. The summed E-state index contributed by atoms with van der Waals surface area (Å²) in [7, 11) is 0. The number of aliphatic hydroxyl groups is 1. The maximum atomic E-state index is 11.7. The van der Waals surface area contributed by atoms with Gasteiger partial charge in [-0.15, -0.1) is 0 Å². The van der Waals surface area contributed by atoms with Gasteiger partial charge in [0.2, 0.25) is 0 Å². The van der Waals surface area contributed by atoms with Crippen LogP contribution in [0.3, 0.4) is 0 Å². The molecule has 0 spiro atoms. The van der Waals surface area contributed by atoms with Crippen LogP contribution in [0, 0.1) is 6.92 Å². The molecule has 0 aliphatic heterocycles. The van der Waals surface area contributed by atoms with Crippen molar-refractivity contribution >= 4 is 5.97 Å². The molecule has 1 atom stereocenters. The first kappa shape index (κ1) is 9.70. The van der Waals surface area contributed by atoms with E-state index in [1.807, 2.05) is 5.32 Å². The second-order valence-corrected chi connectivity index (χ2v) is 6.05. The van der Waals surface area contributed by atoms with E-state index in [-0.39, 0.29) is 11.1 Å². The van der Waals surface area contributed by atoms with Gasteiger partial charge in [0.05, 0.1) is 24.0 Å². The molecule has 0 bridgehead atoms. The highest BCUT2D eigenvalue weighted by Gasteiger charge is 2.07. The van der Waals surface area contributed by atoms with Crippen LogP contribution < -0.4 is 5.32 Å². The minimum Gasteiger partial charge on any atom is -0.478 e. The zero-order chi connectivity index (χ0) is 32.1. The summed E-state index contributed by atoms with van der Waals surface area (Å²) in [6.07, 6.45) is -4.12. The van der Waals surface area contributed by atoms with Crippen molar-refractivity contribution < 1.29 is 32.8 Å². The summed E-state index contributed by atoms with van der Waals surface area (Å²) < 4.78 is 107. The first-order valence-electron chi connectivity index (χ1n) is 15.2. The van der Waals surface area contributed by atoms with Gasteiger partial charge in [0.25, 0.3) is 0 Å². The molecule has 0 radical (unpaired) electrons. The highest BCUT2D eigenvalue weighted by atomic mass is 16.4. The van der Waals surface area contributed by atoms with Crippen molar-refractivity contribution in [2.45, 2.75) is 25.8 Å². The third kappa shape index (κ3) is 6.01. The summed E-state index contributed by atoms with van der Waals surface area (Å²) in [6, 6.07) is -0.698. The molecule has 3 aromatic rings. The number of aromatic carboxylic acids is 1. The van der Waals surface area contributed by atoms with Crippen LogP contribution in [0.2, 0.25) is 0 Å². The number of rotatable bonds is 9. The predicted octanol–water partition coefficient (Wildman–Crippen LogP) is 4.62. The summed E-state index contributed by atoms with van der Waals surface area (Å²) in [6.45, 7) is -4.05. The monoisotopic (exact) mass is 402 g/mol. The zero-order valence-electron chi connectivity index (χ0n) is 28.5. The second-order valence-electron chi connectivity index (χ2n) is 6.05. The molecule has 0 aliphatic carbocycles. The molecular formula is C25H27NO3. The van der Waals surface area contributed by atoms with Gasteiger partial charge in [-0.3, -0.25) is 0 Å². The fourth-order valence-electron chi connectivity index (χ4n) is 2.43. The first-order valence-corrected chi connectivity index (χ1v) is 8.68. The maximum Gasteiger partial charge on any atom is 0.335 e. The van der Waals surface area contributed by atoms with Gasteiger partial charge in [-0.2, -0.15) is 0 Å². The van der Waals surface area contributed by atoms with Crippen LogP contribution in [0.15, 0.2) is 72.6 Å². The number of carboxylic acid groups (broad SMARTS) is 1. The Hall–Kier alpha value is -2.95. The Morgan fingerprint density at radius 2 is 1.97 bits per heavy atom. The maximum absolute atomic E-state index is 11.7. The Morgan fingerprint density at radius 3 is 2.72 bits per heavy atom. The SMILES string of the molecule is [2H]c1c([2H])c(CCC([2H])([2H])NC([2H])([2H])[C@]([2H])(O)c2cccc(C)c2)c([2H])c(-c2c([2H])c([2H])c([2H])c(C(=O)O)c2[2H])c1[2H]. The molecular weight excluding hydrogens is 362 g/mol. The molecule has 0 saturated heterocycles. The number of hydrogen-bond donors (Lipinski definition) is 3. The third-order valence-corrected chi connectivity index (χ3v) is 3.83. The normalized spacial score (nSPS) is 20.4. The van der Waals surface area contributed by atoms with Crippen molar-refractivity contribution in [1.82, 2.24) is 5.32 Å². The van der Waals surface area contributed by atoms with Gasteiger partial charge >= 0.3 is 5.97 Å². The molecule has 3 rings (SSSR count). The van der Waals surface area contributed by atoms with Crippen LogP contribution in [0.5, 0.6) is 0 Å². The third-order valence-electron chi connectivity index (χ3n) is 3.83. The fourth-order valence-corrected chi connectivity index (χ4v) is 2.43. The van der Waals surface area contributed by atoms with Gasteiger partial charge in [0.15, 0.2) is 0 Å². The number of carboxylic acids is 1. The Kier molecular flexibility index (Phi) is 3.35. The number of hydrogen-bond acceptors (Lipinski definition) is 3. The minimum atomic E-state index is -3.05. The van der Waals surface area contributed by atoms with E-state index in [0.29, 0.717) is 5.56 Å². The van der Waals surface area contributed by atoms with E-state index in [4.69, 9.17) is 17.8 Å². The molecule has 0 heterocycles. The Morgan fingerprint density at radius 1 is 1.21 bits per heavy atom. The van der Waals surface area contributed by atoms with Crippen LogP contribution in [0.25, 0.3) is 11.1 Å². The molecule has 0 unspecified atom stereocenters. The molecule has 0 fully saturated rings. The fraction of sp³-hybridized carbons (Fsp3) is 0.240. The average Bonchev–Trinajstić information content (AvgIpc) is 2.87. The second kappa shape index (κ2) is 10.0. The molecule has 150 valence electrons. The molecule has 0 saturated carbocycles. The molecule has 3 N–H and O–H groups in total. The lowest BCUT2D eigenvalue weighted by molar-refractivity contribution is 0.0697. The zero-order valence-corrected chi connectivity index (χ0v) is 15.5. The average molecular weight is 403 g/mol. The van der Waals surface area contributed by atoms with Crippen molar-refractivity contribution in [1.29, 1.82) is 0 Å². The quantitative estimate of drug-likeness (QED) is 0.489. The molecule has 4 heteroatoms. The van der Waals surface area contributed by atoms with Crippen molar-refractivity contribution in [2.75, 3.05) is 13.0 Å². The lowest BCUT2D eigenvalue weighted by Crippen LogP contribution is -2.22. The van der Waals surface area contributed by atoms with Crippen molar-refractivity contribution in [3.8, 4) is 11.1 Å². The predicted molar refractivity (Wildman–Crippen MR) is 116 cm³/mol. The van der Waals surface area contributed by atoms with Crippen LogP contribution in [-0.2, 0) is 6.42 Å². The van der Waals surface area contributed by atoms with Crippen LogP contribution in [0.4, 0.5) is 0 Å². The molecule has 0 aliphatic rings. The van der Waals surface area contributed by atoms with E-state index >= 15 is 0 Å². The lowest BCUT2D eigenvalue weighted by atomic mass is 9.99. The van der Waals surface area contributed by atoms with Crippen LogP contribution >= 0.6 is 0 Å². The van der Waals surface area contributed by atoms with Gasteiger partial charge in [0, 0.05) is 12.0 Å². The van der Waals surface area contributed by atoms with Gasteiger partial charge in [-0.25, -0.2) is 4.79 Å². The van der Waals surface area contributed by atoms with Crippen LogP contribution in [0.1, 0.15) is 57.4 Å². The van der Waals surface area contributed by atoms with Crippen molar-refractivity contribution in [3.05, 3.63) is 94.9 Å². The largest absolute Gasteiger partial charge is 0.478 e. The Balaban J connectivity index is 2.06. The standard InChI is InChI=1S/C25H27NO3/c1-18-6-2-11-22(14-18)24(27)17-26-13-5-8-19-7-3-9-20(15-19)21-10-4-12-23(16-21)25(28)29/h2-4,6-7,9-12,14-16,24,26-27H,5,8,13,17H2,1H3,(H,28,29)/t24-/m0/s1/i3D,4D,7D,9D,10D,12D,13D2,15D,16D,17D2,24D. The van der Waals surface area contributed by atoms with Crippen molar-refractivity contribution in [2.24, 2.45) is 0 Å². The molecule has 0 aromatic heterocycles. The summed E-state index contributed by atoms with van der Waals surface area (Å²) in [4.78, 5) is 11.7. The summed E-state index contributed by atoms with van der Waals surface area (Å²) in [5.41, 5.74) is -2.09. The number of nitrogens with one attached hydrogen (secondary N) is 1. The lowest BCUT2D eigenvalue weighted by Gasteiger charge is -2.13. The van der Waals surface area contributed by atoms with Gasteiger partial charge < -0.3 is 15.5 Å². The summed E-state index contributed by atoms with van der Waals surface area (Å²) in [5.74, 6) is -1.75. The highest BCUT2D eigenvalue weighted by Crippen LogP contribution is 2.22. The van der Waals surface area contributed by atoms with Gasteiger partial charge in [-0.1, -0.05) is 66.1 Å². The number of aryl methyl sites for hydroxylation is 1. The molecule has 3 aromatic carbocycles. The highest BCUT2D eigenvalue weighted by molar-refractivity contribution is 5.89.